The van der Waals surface area contributed by atoms with Gasteiger partial charge in [0, 0.05) is 18.2 Å². The second-order valence-electron chi connectivity index (χ2n) is 3.01. The van der Waals surface area contributed by atoms with E-state index < -0.39 is 0 Å². The number of hydrogen-bond acceptors (Lipinski definition) is 2. The second-order valence-corrected chi connectivity index (χ2v) is 3.01. The summed E-state index contributed by atoms with van der Waals surface area (Å²) in [5, 5.41) is 9.49. The summed E-state index contributed by atoms with van der Waals surface area (Å²) in [6, 6.07) is 1.84. The molecule has 14 heavy (non-hydrogen) atoms. The van der Waals surface area contributed by atoms with Crippen molar-refractivity contribution >= 4 is 11.7 Å². The first-order valence-corrected chi connectivity index (χ1v) is 4.71. The summed E-state index contributed by atoms with van der Waals surface area (Å²) in [4.78, 5) is 11.3. The number of amides is 1. The predicted octanol–water partition coefficient (Wildman–Crippen LogP) is 1.88. The largest absolute Gasteiger partial charge is 0.309 e. The summed E-state index contributed by atoms with van der Waals surface area (Å²) in [5.74, 6) is 0.565. The van der Waals surface area contributed by atoms with E-state index >= 15 is 0 Å². The lowest BCUT2D eigenvalue weighted by molar-refractivity contribution is -0.116. The lowest BCUT2D eigenvalue weighted by Gasteiger charge is -1.98. The van der Waals surface area contributed by atoms with Crippen LogP contribution in [0.15, 0.2) is 18.7 Å². The molecule has 0 saturated carbocycles. The molecule has 4 heteroatoms. The first-order valence-electron chi connectivity index (χ1n) is 4.71. The van der Waals surface area contributed by atoms with Gasteiger partial charge in [0.1, 0.15) is 0 Å². The Morgan fingerprint density at radius 3 is 3.14 bits per heavy atom. The number of nitrogens with one attached hydrogen (secondary N) is 2. The number of anilines is 1. The number of aromatic amines is 1. The predicted molar refractivity (Wildman–Crippen MR) is 56.0 cm³/mol. The van der Waals surface area contributed by atoms with E-state index in [-0.39, 0.29) is 5.91 Å². The Morgan fingerprint density at radius 2 is 2.57 bits per heavy atom. The van der Waals surface area contributed by atoms with Crippen LogP contribution in [0.4, 0.5) is 5.82 Å². The minimum atomic E-state index is -0.0287. The topological polar surface area (TPSA) is 57.8 Å². The molecule has 0 aliphatic rings. The van der Waals surface area contributed by atoms with E-state index in [1.54, 1.807) is 6.08 Å². The van der Waals surface area contributed by atoms with Crippen molar-refractivity contribution < 1.29 is 4.79 Å². The molecule has 0 aliphatic carbocycles. The molecule has 0 bridgehead atoms. The highest BCUT2D eigenvalue weighted by molar-refractivity contribution is 5.89. The van der Waals surface area contributed by atoms with E-state index in [4.69, 9.17) is 0 Å². The van der Waals surface area contributed by atoms with Crippen LogP contribution in [0.5, 0.6) is 0 Å². The van der Waals surface area contributed by atoms with Gasteiger partial charge in [-0.3, -0.25) is 9.89 Å². The highest BCUT2D eigenvalue weighted by atomic mass is 16.1. The van der Waals surface area contributed by atoms with Gasteiger partial charge in [-0.2, -0.15) is 5.10 Å². The third-order valence-electron chi connectivity index (χ3n) is 1.85. The first kappa shape index (κ1) is 10.5. The number of aryl methyl sites for hydroxylation is 1. The normalized spacial score (nSPS) is 9.79. The van der Waals surface area contributed by atoms with Gasteiger partial charge < -0.3 is 5.32 Å². The molecule has 76 valence electrons. The number of carbonyl (C=O) groups excluding carboxylic acids is 1. The number of nitrogens with zero attached hydrogens (tertiary/aromatic N) is 1. The average Bonchev–Trinajstić information content (AvgIpc) is 2.62. The minimum Gasteiger partial charge on any atom is -0.309 e. The Labute approximate surface area is 83.4 Å². The van der Waals surface area contributed by atoms with Crippen LogP contribution in [0.25, 0.3) is 0 Å². The zero-order chi connectivity index (χ0) is 10.4. The van der Waals surface area contributed by atoms with Gasteiger partial charge in [0.15, 0.2) is 5.82 Å². The van der Waals surface area contributed by atoms with Gasteiger partial charge in [-0.05, 0) is 12.8 Å². The van der Waals surface area contributed by atoms with Crippen LogP contribution in [0.2, 0.25) is 0 Å². The van der Waals surface area contributed by atoms with E-state index in [9.17, 15) is 4.79 Å². The van der Waals surface area contributed by atoms with Crippen LogP contribution in [0.1, 0.15) is 25.5 Å². The highest BCUT2D eigenvalue weighted by Gasteiger charge is 2.03. The molecule has 0 atom stereocenters. The molecule has 0 unspecified atom stereocenters. The fraction of sp³-hybridized carbons (Fsp3) is 0.400. The van der Waals surface area contributed by atoms with Crippen LogP contribution >= 0.6 is 0 Å². The van der Waals surface area contributed by atoms with Crippen molar-refractivity contribution in [3.05, 3.63) is 24.4 Å². The molecule has 4 nitrogen and oxygen atoms in total. The Morgan fingerprint density at radius 1 is 1.79 bits per heavy atom. The summed E-state index contributed by atoms with van der Waals surface area (Å²) < 4.78 is 0. The van der Waals surface area contributed by atoms with Crippen molar-refractivity contribution in [2.75, 3.05) is 5.32 Å². The molecule has 1 aromatic heterocycles. The van der Waals surface area contributed by atoms with Gasteiger partial charge in [-0.25, -0.2) is 0 Å². The Hall–Kier alpha value is -1.58. The molecule has 0 aliphatic heterocycles. The number of aromatic nitrogens is 2. The molecule has 0 saturated heterocycles. The Kier molecular flexibility index (Phi) is 3.91. The summed E-state index contributed by atoms with van der Waals surface area (Å²) >= 11 is 0. The molecular weight excluding hydrogens is 178 g/mol. The van der Waals surface area contributed by atoms with Crippen molar-refractivity contribution in [3.8, 4) is 0 Å². The average molecular weight is 193 g/mol. The van der Waals surface area contributed by atoms with Crippen molar-refractivity contribution in [3.63, 3.8) is 0 Å². The summed E-state index contributed by atoms with van der Waals surface area (Å²) in [6.45, 7) is 5.58. The van der Waals surface area contributed by atoms with Crippen molar-refractivity contribution in [2.45, 2.75) is 26.2 Å². The minimum absolute atomic E-state index is 0.0287. The fourth-order valence-corrected chi connectivity index (χ4v) is 1.05. The zero-order valence-corrected chi connectivity index (χ0v) is 8.34. The van der Waals surface area contributed by atoms with Gasteiger partial charge in [0.25, 0.3) is 0 Å². The Balaban J connectivity index is 2.43. The van der Waals surface area contributed by atoms with Crippen LogP contribution < -0.4 is 5.32 Å². The molecule has 0 fully saturated rings. The van der Waals surface area contributed by atoms with E-state index in [2.05, 4.69) is 22.1 Å². The van der Waals surface area contributed by atoms with E-state index in [1.807, 2.05) is 13.0 Å². The third kappa shape index (κ3) is 3.05. The molecule has 0 aromatic carbocycles. The van der Waals surface area contributed by atoms with Gasteiger partial charge in [0.05, 0.1) is 0 Å². The first-order chi connectivity index (χ1) is 6.76. The Bertz CT molecular complexity index is 317. The molecule has 1 aromatic rings. The van der Waals surface area contributed by atoms with Gasteiger partial charge in [-0.15, -0.1) is 6.58 Å². The smallest absolute Gasteiger partial charge is 0.225 e. The van der Waals surface area contributed by atoms with Crippen molar-refractivity contribution in [1.29, 1.82) is 0 Å². The quantitative estimate of drug-likeness (QED) is 0.701. The lowest BCUT2D eigenvalue weighted by Crippen LogP contribution is -2.10. The third-order valence-corrected chi connectivity index (χ3v) is 1.85. The molecular formula is C10H15N3O. The van der Waals surface area contributed by atoms with Gasteiger partial charge in [-0.1, -0.05) is 13.0 Å². The van der Waals surface area contributed by atoms with Crippen molar-refractivity contribution in [1.82, 2.24) is 10.2 Å². The molecule has 1 amide bonds. The monoisotopic (exact) mass is 193 g/mol. The highest BCUT2D eigenvalue weighted by Crippen LogP contribution is 2.06. The second kappa shape index (κ2) is 5.21. The van der Waals surface area contributed by atoms with Crippen LogP contribution in [-0.4, -0.2) is 16.1 Å². The number of allylic oxidation sites excluding steroid dienone is 1. The van der Waals surface area contributed by atoms with E-state index in [0.717, 1.165) is 12.1 Å². The SMILES string of the molecule is C=CCCC(=O)Nc1cc(CC)[nH]n1. The summed E-state index contributed by atoms with van der Waals surface area (Å²) in [5.41, 5.74) is 1.02. The van der Waals surface area contributed by atoms with Gasteiger partial charge in [0.2, 0.25) is 5.91 Å². The van der Waals surface area contributed by atoms with E-state index in [0.29, 0.717) is 18.7 Å². The molecule has 0 spiro atoms. The fourth-order valence-electron chi connectivity index (χ4n) is 1.05. The van der Waals surface area contributed by atoms with Crippen LogP contribution in [0, 0.1) is 0 Å². The number of rotatable bonds is 5. The maximum absolute atomic E-state index is 11.3. The number of hydrogen-bond donors (Lipinski definition) is 2. The van der Waals surface area contributed by atoms with Crippen LogP contribution in [0.3, 0.4) is 0 Å². The van der Waals surface area contributed by atoms with Gasteiger partial charge >= 0.3 is 0 Å². The maximum atomic E-state index is 11.3. The molecule has 2 N–H and O–H groups in total. The van der Waals surface area contributed by atoms with Crippen molar-refractivity contribution in [2.24, 2.45) is 0 Å². The molecule has 1 heterocycles. The standard InChI is InChI=1S/C10H15N3O/c1-3-5-6-10(14)11-9-7-8(4-2)12-13-9/h3,7H,1,4-6H2,2H3,(H2,11,12,13,14). The summed E-state index contributed by atoms with van der Waals surface area (Å²) in [6.07, 6.45) is 3.76. The maximum Gasteiger partial charge on any atom is 0.225 e. The van der Waals surface area contributed by atoms with Crippen LogP contribution in [-0.2, 0) is 11.2 Å². The lowest BCUT2D eigenvalue weighted by atomic mass is 10.3. The molecule has 1 rings (SSSR count). The zero-order valence-electron chi connectivity index (χ0n) is 8.34. The summed E-state index contributed by atoms with van der Waals surface area (Å²) in [7, 11) is 0. The number of H-pyrrole nitrogens is 1. The number of carbonyl (C=O) groups is 1. The molecule has 0 radical (unpaired) electrons. The van der Waals surface area contributed by atoms with E-state index in [1.165, 1.54) is 0 Å².